The second-order valence-electron chi connectivity index (χ2n) is 5.67. The summed E-state index contributed by atoms with van der Waals surface area (Å²) >= 11 is 3.39. The molecule has 4 N–H and O–H groups in total. The van der Waals surface area contributed by atoms with Gasteiger partial charge in [-0.15, -0.1) is 0 Å². The SMILES string of the molecule is Cc1ccc(NC(=O)CC(NC(N)=O)c2cccc(Br)c2)cc1C. The molecule has 0 aliphatic carbocycles. The van der Waals surface area contributed by atoms with Gasteiger partial charge in [-0.05, 0) is 54.8 Å². The number of nitrogens with two attached hydrogens (primary N) is 1. The molecule has 3 amide bonds. The lowest BCUT2D eigenvalue weighted by Gasteiger charge is -2.18. The highest BCUT2D eigenvalue weighted by Crippen LogP contribution is 2.22. The average Bonchev–Trinajstić information content (AvgIpc) is 2.50. The van der Waals surface area contributed by atoms with Crippen LogP contribution in [0.3, 0.4) is 0 Å². The zero-order valence-corrected chi connectivity index (χ0v) is 15.2. The fourth-order valence-corrected chi connectivity index (χ4v) is 2.78. The summed E-state index contributed by atoms with van der Waals surface area (Å²) in [5.41, 5.74) is 9.04. The minimum absolute atomic E-state index is 0.0896. The van der Waals surface area contributed by atoms with E-state index >= 15 is 0 Å². The van der Waals surface area contributed by atoms with Crippen molar-refractivity contribution in [2.75, 3.05) is 5.32 Å². The van der Waals surface area contributed by atoms with Crippen LogP contribution in [-0.2, 0) is 4.79 Å². The molecule has 24 heavy (non-hydrogen) atoms. The second kappa shape index (κ2) is 7.97. The van der Waals surface area contributed by atoms with E-state index in [1.807, 2.05) is 56.3 Å². The maximum Gasteiger partial charge on any atom is 0.312 e. The molecule has 1 atom stereocenters. The molecule has 5 nitrogen and oxygen atoms in total. The van der Waals surface area contributed by atoms with E-state index in [1.54, 1.807) is 0 Å². The zero-order chi connectivity index (χ0) is 17.7. The summed E-state index contributed by atoms with van der Waals surface area (Å²) < 4.78 is 0.867. The number of hydrogen-bond acceptors (Lipinski definition) is 2. The fourth-order valence-electron chi connectivity index (χ4n) is 2.36. The molecule has 1 unspecified atom stereocenters. The Morgan fingerprint density at radius 1 is 1.12 bits per heavy atom. The summed E-state index contributed by atoms with van der Waals surface area (Å²) in [7, 11) is 0. The Labute approximate surface area is 149 Å². The van der Waals surface area contributed by atoms with Gasteiger partial charge in [0.25, 0.3) is 0 Å². The van der Waals surface area contributed by atoms with Crippen molar-refractivity contribution in [1.82, 2.24) is 5.32 Å². The number of carbonyl (C=O) groups is 2. The van der Waals surface area contributed by atoms with E-state index in [-0.39, 0.29) is 12.3 Å². The van der Waals surface area contributed by atoms with Crippen molar-refractivity contribution < 1.29 is 9.59 Å². The Morgan fingerprint density at radius 2 is 1.88 bits per heavy atom. The van der Waals surface area contributed by atoms with Crippen LogP contribution < -0.4 is 16.4 Å². The van der Waals surface area contributed by atoms with Crippen molar-refractivity contribution >= 4 is 33.6 Å². The molecule has 0 aliphatic heterocycles. The first-order valence-electron chi connectivity index (χ1n) is 7.53. The number of aryl methyl sites for hydroxylation is 2. The minimum Gasteiger partial charge on any atom is -0.352 e. The fraction of sp³-hybridized carbons (Fsp3) is 0.222. The van der Waals surface area contributed by atoms with E-state index in [4.69, 9.17) is 5.73 Å². The minimum atomic E-state index is -0.668. The van der Waals surface area contributed by atoms with E-state index in [0.717, 1.165) is 26.9 Å². The van der Waals surface area contributed by atoms with E-state index < -0.39 is 12.1 Å². The molecular weight excluding hydrogens is 370 g/mol. The molecule has 0 spiro atoms. The third kappa shape index (κ3) is 5.09. The number of anilines is 1. The van der Waals surface area contributed by atoms with Gasteiger partial charge in [0.2, 0.25) is 5.91 Å². The van der Waals surface area contributed by atoms with Gasteiger partial charge in [-0.2, -0.15) is 0 Å². The highest BCUT2D eigenvalue weighted by molar-refractivity contribution is 9.10. The highest BCUT2D eigenvalue weighted by atomic mass is 79.9. The van der Waals surface area contributed by atoms with Gasteiger partial charge >= 0.3 is 6.03 Å². The molecule has 2 aromatic rings. The Kier molecular flexibility index (Phi) is 5.98. The Morgan fingerprint density at radius 3 is 2.50 bits per heavy atom. The zero-order valence-electron chi connectivity index (χ0n) is 13.6. The third-order valence-corrected chi connectivity index (χ3v) is 4.24. The third-order valence-electron chi connectivity index (χ3n) is 3.75. The molecule has 0 fully saturated rings. The van der Waals surface area contributed by atoms with Crippen LogP contribution in [0.5, 0.6) is 0 Å². The summed E-state index contributed by atoms with van der Waals surface area (Å²) in [6.07, 6.45) is 0.0896. The molecule has 0 saturated heterocycles. The lowest BCUT2D eigenvalue weighted by molar-refractivity contribution is -0.116. The second-order valence-corrected chi connectivity index (χ2v) is 6.58. The quantitative estimate of drug-likeness (QED) is 0.726. The van der Waals surface area contributed by atoms with Crippen molar-refractivity contribution in [3.8, 4) is 0 Å². The Balaban J connectivity index is 2.12. The van der Waals surface area contributed by atoms with E-state index in [0.29, 0.717) is 0 Å². The van der Waals surface area contributed by atoms with Gasteiger partial charge in [0.15, 0.2) is 0 Å². The number of urea groups is 1. The smallest absolute Gasteiger partial charge is 0.312 e. The number of rotatable bonds is 5. The van der Waals surface area contributed by atoms with Crippen molar-refractivity contribution in [2.45, 2.75) is 26.3 Å². The number of halogens is 1. The maximum atomic E-state index is 12.3. The van der Waals surface area contributed by atoms with Crippen LogP contribution >= 0.6 is 15.9 Å². The molecule has 0 aliphatic rings. The molecule has 0 saturated carbocycles. The molecule has 0 aromatic heterocycles. The standard InChI is InChI=1S/C18H20BrN3O2/c1-11-6-7-15(8-12(11)2)21-17(23)10-16(22-18(20)24)13-4-3-5-14(19)9-13/h3-9,16H,10H2,1-2H3,(H,21,23)(H3,20,22,24). The first-order chi connectivity index (χ1) is 11.3. The van der Waals surface area contributed by atoms with Gasteiger partial charge in [-0.3, -0.25) is 4.79 Å². The van der Waals surface area contributed by atoms with Crippen LogP contribution in [-0.4, -0.2) is 11.9 Å². The molecule has 6 heteroatoms. The first kappa shape index (κ1) is 18.0. The number of nitrogens with one attached hydrogen (secondary N) is 2. The number of amides is 3. The molecule has 0 heterocycles. The van der Waals surface area contributed by atoms with Crippen molar-refractivity contribution in [3.05, 3.63) is 63.6 Å². The van der Waals surface area contributed by atoms with Gasteiger partial charge in [0, 0.05) is 10.2 Å². The normalized spacial score (nSPS) is 11.6. The van der Waals surface area contributed by atoms with Crippen LogP contribution in [0, 0.1) is 13.8 Å². The Bertz CT molecular complexity index is 762. The summed E-state index contributed by atoms with van der Waals surface area (Å²) in [6.45, 7) is 4.00. The largest absolute Gasteiger partial charge is 0.352 e. The van der Waals surface area contributed by atoms with Crippen molar-refractivity contribution in [2.24, 2.45) is 5.73 Å². The molecule has 0 bridgehead atoms. The number of carbonyl (C=O) groups excluding carboxylic acids is 2. The van der Waals surface area contributed by atoms with Crippen molar-refractivity contribution in [3.63, 3.8) is 0 Å². The van der Waals surface area contributed by atoms with Crippen LogP contribution in [0.1, 0.15) is 29.2 Å². The topological polar surface area (TPSA) is 84.2 Å². The molecule has 2 rings (SSSR count). The Hall–Kier alpha value is -2.34. The van der Waals surface area contributed by atoms with Crippen LogP contribution in [0.2, 0.25) is 0 Å². The average molecular weight is 390 g/mol. The van der Waals surface area contributed by atoms with Crippen LogP contribution in [0.4, 0.5) is 10.5 Å². The van der Waals surface area contributed by atoms with Gasteiger partial charge in [-0.1, -0.05) is 34.1 Å². The van der Waals surface area contributed by atoms with E-state index in [1.165, 1.54) is 0 Å². The van der Waals surface area contributed by atoms with Gasteiger partial charge in [0.1, 0.15) is 0 Å². The number of benzene rings is 2. The highest BCUT2D eigenvalue weighted by Gasteiger charge is 2.18. The van der Waals surface area contributed by atoms with E-state index in [9.17, 15) is 9.59 Å². The summed E-state index contributed by atoms with van der Waals surface area (Å²) in [6, 6.07) is 12.0. The predicted octanol–water partition coefficient (Wildman–Crippen LogP) is 3.80. The summed E-state index contributed by atoms with van der Waals surface area (Å²) in [5, 5.41) is 5.47. The molecular formula is C18H20BrN3O2. The molecule has 126 valence electrons. The first-order valence-corrected chi connectivity index (χ1v) is 8.33. The summed E-state index contributed by atoms with van der Waals surface area (Å²) in [4.78, 5) is 23.6. The van der Waals surface area contributed by atoms with Crippen LogP contribution in [0.25, 0.3) is 0 Å². The number of primary amides is 1. The maximum absolute atomic E-state index is 12.3. The van der Waals surface area contributed by atoms with Crippen LogP contribution in [0.15, 0.2) is 46.9 Å². The predicted molar refractivity (Wildman–Crippen MR) is 98.8 cm³/mol. The lowest BCUT2D eigenvalue weighted by Crippen LogP contribution is -2.35. The monoisotopic (exact) mass is 389 g/mol. The summed E-state index contributed by atoms with van der Waals surface area (Å²) in [5.74, 6) is -0.197. The lowest BCUT2D eigenvalue weighted by atomic mass is 10.0. The van der Waals surface area contributed by atoms with Crippen molar-refractivity contribution in [1.29, 1.82) is 0 Å². The van der Waals surface area contributed by atoms with E-state index in [2.05, 4.69) is 26.6 Å². The van der Waals surface area contributed by atoms with Gasteiger partial charge < -0.3 is 16.4 Å². The van der Waals surface area contributed by atoms with Gasteiger partial charge in [-0.25, -0.2) is 4.79 Å². The van der Waals surface area contributed by atoms with Gasteiger partial charge in [0.05, 0.1) is 12.5 Å². The molecule has 0 radical (unpaired) electrons. The number of hydrogen-bond donors (Lipinski definition) is 3. The molecule has 2 aromatic carbocycles.